The molecule has 18 heavy (non-hydrogen) atoms. The van der Waals surface area contributed by atoms with Crippen LogP contribution >= 0.6 is 0 Å². The SMILES string of the molecule is O=Nc1c(O)ccc2ccc(S(=O)(=O)O)cc12.[H-].[K+]. The van der Waals surface area contributed by atoms with Gasteiger partial charge in [-0.1, -0.05) is 12.1 Å². The van der Waals surface area contributed by atoms with E-state index in [1.54, 1.807) is 0 Å². The van der Waals surface area contributed by atoms with Crippen LogP contribution in [0.3, 0.4) is 0 Å². The molecule has 0 amide bonds. The van der Waals surface area contributed by atoms with Gasteiger partial charge in [0.05, 0.1) is 4.90 Å². The van der Waals surface area contributed by atoms with Crippen LogP contribution in [0.15, 0.2) is 40.4 Å². The van der Waals surface area contributed by atoms with E-state index < -0.39 is 10.1 Å². The Balaban J connectivity index is 0.00000162. The van der Waals surface area contributed by atoms with Gasteiger partial charge < -0.3 is 6.53 Å². The van der Waals surface area contributed by atoms with Gasteiger partial charge in [-0.2, -0.15) is 8.42 Å². The van der Waals surface area contributed by atoms with Crippen LogP contribution in [0, 0.1) is 4.91 Å². The fourth-order valence-corrected chi connectivity index (χ4v) is 2.03. The Morgan fingerprint density at radius 1 is 1.17 bits per heavy atom. The van der Waals surface area contributed by atoms with E-state index in [1.807, 2.05) is 0 Å². The first-order chi connectivity index (χ1) is 7.93. The summed E-state index contributed by atoms with van der Waals surface area (Å²) in [6.45, 7) is 0. The monoisotopic (exact) mass is 293 g/mol. The standard InChI is InChI=1S/C10H7NO5S.K.H/c12-9-4-2-6-1-3-7(17(14,15)16)5-8(6)10(9)11-13;;/h1-5,12H,(H,14,15,16);;/q;+1;-1. The van der Waals surface area contributed by atoms with Gasteiger partial charge in [0, 0.05) is 5.39 Å². The van der Waals surface area contributed by atoms with Crippen LogP contribution in [0.2, 0.25) is 0 Å². The van der Waals surface area contributed by atoms with Crippen molar-refractivity contribution in [1.82, 2.24) is 0 Å². The maximum Gasteiger partial charge on any atom is 1.00 e. The van der Waals surface area contributed by atoms with Gasteiger partial charge in [0.1, 0.15) is 5.75 Å². The average molecular weight is 293 g/mol. The third-order valence-electron chi connectivity index (χ3n) is 2.33. The molecule has 2 aromatic carbocycles. The molecule has 0 aliphatic carbocycles. The first-order valence-electron chi connectivity index (χ1n) is 4.50. The quantitative estimate of drug-likeness (QED) is 0.433. The van der Waals surface area contributed by atoms with Gasteiger partial charge in [0.15, 0.2) is 5.69 Å². The third kappa shape index (κ3) is 2.96. The molecule has 0 aromatic heterocycles. The van der Waals surface area contributed by atoms with Crippen molar-refractivity contribution in [2.45, 2.75) is 4.90 Å². The van der Waals surface area contributed by atoms with Crippen molar-refractivity contribution < 1.29 is 70.9 Å². The summed E-state index contributed by atoms with van der Waals surface area (Å²) in [6, 6.07) is 6.48. The number of phenols is 1. The number of hydrogen-bond donors (Lipinski definition) is 2. The van der Waals surface area contributed by atoms with Crippen LogP contribution in [0.1, 0.15) is 1.43 Å². The molecule has 0 heterocycles. The van der Waals surface area contributed by atoms with Crippen molar-refractivity contribution in [3.05, 3.63) is 35.2 Å². The fourth-order valence-electron chi connectivity index (χ4n) is 1.53. The summed E-state index contributed by atoms with van der Waals surface area (Å²) in [5.41, 5.74) is -0.256. The Bertz CT molecular complexity index is 719. The number of aromatic hydroxyl groups is 1. The molecule has 6 nitrogen and oxygen atoms in total. The Hall–Kier alpha value is -0.354. The second-order valence-electron chi connectivity index (χ2n) is 3.38. The van der Waals surface area contributed by atoms with E-state index in [9.17, 15) is 18.4 Å². The molecule has 2 N–H and O–H groups in total. The molecule has 2 rings (SSSR count). The van der Waals surface area contributed by atoms with Crippen molar-refractivity contribution in [2.24, 2.45) is 5.18 Å². The smallest absolute Gasteiger partial charge is 1.00 e. The predicted octanol–water partition coefficient (Wildman–Crippen LogP) is -0.694. The van der Waals surface area contributed by atoms with Gasteiger partial charge >= 0.3 is 51.4 Å². The first-order valence-corrected chi connectivity index (χ1v) is 5.94. The van der Waals surface area contributed by atoms with Crippen LogP contribution in [0.4, 0.5) is 5.69 Å². The van der Waals surface area contributed by atoms with E-state index in [-0.39, 0.29) is 74.5 Å². The maximum absolute atomic E-state index is 10.9. The maximum atomic E-state index is 10.9. The number of benzene rings is 2. The number of nitrogens with zero attached hydrogens (tertiary/aromatic N) is 1. The van der Waals surface area contributed by atoms with Gasteiger partial charge in [-0.3, -0.25) is 4.55 Å². The Morgan fingerprint density at radius 3 is 2.33 bits per heavy atom. The molecule has 90 valence electrons. The summed E-state index contributed by atoms with van der Waals surface area (Å²) >= 11 is 0. The molecule has 8 heteroatoms. The predicted molar refractivity (Wildman–Crippen MR) is 62.0 cm³/mol. The molecule has 2 aromatic rings. The average Bonchev–Trinajstić information content (AvgIpc) is 2.27. The molecule has 0 saturated carbocycles. The van der Waals surface area contributed by atoms with Gasteiger partial charge in [-0.25, -0.2) is 0 Å². The molecular formula is C10H8KNO5S. The summed E-state index contributed by atoms with van der Waals surface area (Å²) in [5, 5.41) is 12.7. The molecule has 0 saturated heterocycles. The Labute approximate surface area is 147 Å². The largest absolute Gasteiger partial charge is 1.00 e. The van der Waals surface area contributed by atoms with Crippen molar-refractivity contribution >= 4 is 26.6 Å². The van der Waals surface area contributed by atoms with E-state index in [2.05, 4.69) is 5.18 Å². The number of nitroso groups, excluding NO2 is 1. The van der Waals surface area contributed by atoms with Crippen molar-refractivity contribution in [2.75, 3.05) is 0 Å². The summed E-state index contributed by atoms with van der Waals surface area (Å²) in [7, 11) is -4.36. The zero-order valence-electron chi connectivity index (χ0n) is 10.4. The summed E-state index contributed by atoms with van der Waals surface area (Å²) < 4.78 is 30.8. The van der Waals surface area contributed by atoms with E-state index in [0.29, 0.717) is 5.39 Å². The minimum atomic E-state index is -4.36. The summed E-state index contributed by atoms with van der Waals surface area (Å²) in [6.07, 6.45) is 0. The third-order valence-corrected chi connectivity index (χ3v) is 3.18. The molecule has 0 spiro atoms. The van der Waals surface area contributed by atoms with Crippen molar-refractivity contribution in [1.29, 1.82) is 0 Å². The minimum Gasteiger partial charge on any atom is -1.00 e. The molecule has 0 radical (unpaired) electrons. The van der Waals surface area contributed by atoms with Gasteiger partial charge in [0.25, 0.3) is 10.1 Å². The fraction of sp³-hybridized carbons (Fsp3) is 0. The molecule has 0 atom stereocenters. The van der Waals surface area contributed by atoms with Crippen LogP contribution in [0.5, 0.6) is 5.75 Å². The molecule has 0 aliphatic rings. The van der Waals surface area contributed by atoms with Crippen LogP contribution in [-0.2, 0) is 10.1 Å². The Kier molecular flexibility index (Phi) is 5.01. The molecule has 0 fully saturated rings. The topological polar surface area (TPSA) is 104 Å². The number of phenolic OH excluding ortho intramolecular Hbond substituents is 1. The van der Waals surface area contributed by atoms with E-state index >= 15 is 0 Å². The van der Waals surface area contributed by atoms with Gasteiger partial charge in [0.2, 0.25) is 0 Å². The normalized spacial score (nSPS) is 10.9. The van der Waals surface area contributed by atoms with Crippen LogP contribution < -0.4 is 51.4 Å². The van der Waals surface area contributed by atoms with E-state index in [1.165, 1.54) is 24.3 Å². The van der Waals surface area contributed by atoms with Gasteiger partial charge in [-0.15, -0.1) is 4.91 Å². The summed E-state index contributed by atoms with van der Waals surface area (Å²) in [5.74, 6) is -0.347. The van der Waals surface area contributed by atoms with Gasteiger partial charge in [-0.05, 0) is 28.8 Å². The molecule has 0 unspecified atom stereocenters. The Morgan fingerprint density at radius 2 is 1.78 bits per heavy atom. The van der Waals surface area contributed by atoms with E-state index in [4.69, 9.17) is 4.55 Å². The second-order valence-corrected chi connectivity index (χ2v) is 4.80. The van der Waals surface area contributed by atoms with Crippen molar-refractivity contribution in [3.63, 3.8) is 0 Å². The zero-order chi connectivity index (χ0) is 12.6. The molecule has 0 bridgehead atoms. The minimum absolute atomic E-state index is 0. The summed E-state index contributed by atoms with van der Waals surface area (Å²) in [4.78, 5) is 10.2. The van der Waals surface area contributed by atoms with Crippen LogP contribution in [0.25, 0.3) is 10.8 Å². The van der Waals surface area contributed by atoms with Crippen molar-refractivity contribution in [3.8, 4) is 5.75 Å². The van der Waals surface area contributed by atoms with Crippen LogP contribution in [-0.4, -0.2) is 18.1 Å². The number of hydrogen-bond acceptors (Lipinski definition) is 5. The number of rotatable bonds is 2. The first kappa shape index (κ1) is 15.7. The second kappa shape index (κ2) is 5.74. The molecular weight excluding hydrogens is 285 g/mol. The van der Waals surface area contributed by atoms with E-state index in [0.717, 1.165) is 6.07 Å². The molecule has 0 aliphatic heterocycles. The zero-order valence-corrected chi connectivity index (χ0v) is 13.3. The number of fused-ring (bicyclic) bond motifs is 1.